The van der Waals surface area contributed by atoms with Crippen LogP contribution in [0.5, 0.6) is 0 Å². The molecule has 1 N–H and O–H groups in total. The summed E-state index contributed by atoms with van der Waals surface area (Å²) in [5.41, 5.74) is -0.0145. The number of hydrogen-bond donors (Lipinski definition) is 1. The molecular weight excluding hydrogens is 190 g/mol. The van der Waals surface area contributed by atoms with Crippen molar-refractivity contribution >= 4 is 0 Å². The van der Waals surface area contributed by atoms with Crippen molar-refractivity contribution in [2.24, 2.45) is 11.3 Å². The van der Waals surface area contributed by atoms with Crippen LogP contribution < -0.4 is 0 Å². The van der Waals surface area contributed by atoms with Gasteiger partial charge in [-0.2, -0.15) is 0 Å². The lowest BCUT2D eigenvalue weighted by molar-refractivity contribution is 0.0324. The number of ether oxygens (including phenoxy) is 1. The smallest absolute Gasteiger partial charge is 0.0715 e. The molecule has 3 heteroatoms. The molecule has 0 aromatic rings. The summed E-state index contributed by atoms with van der Waals surface area (Å²) in [7, 11) is 1.76. The molecule has 1 aliphatic heterocycles. The van der Waals surface area contributed by atoms with E-state index in [1.807, 2.05) is 0 Å². The highest BCUT2D eigenvalue weighted by Gasteiger charge is 2.28. The summed E-state index contributed by atoms with van der Waals surface area (Å²) in [4.78, 5) is 2.35. The fraction of sp³-hybridized carbons (Fsp3) is 1.00. The van der Waals surface area contributed by atoms with E-state index in [-0.39, 0.29) is 11.5 Å². The zero-order valence-electron chi connectivity index (χ0n) is 10.5. The fourth-order valence-electron chi connectivity index (χ4n) is 1.97. The van der Waals surface area contributed by atoms with Crippen molar-refractivity contribution in [3.8, 4) is 0 Å². The second kappa shape index (κ2) is 5.28. The van der Waals surface area contributed by atoms with Gasteiger partial charge in [-0.05, 0) is 24.3 Å². The van der Waals surface area contributed by atoms with Crippen LogP contribution in [0.4, 0.5) is 0 Å². The Morgan fingerprint density at radius 1 is 1.47 bits per heavy atom. The molecule has 2 unspecified atom stereocenters. The lowest BCUT2D eigenvalue weighted by Gasteiger charge is -2.29. The number of methoxy groups -OCH3 is 1. The van der Waals surface area contributed by atoms with Gasteiger partial charge in [0, 0.05) is 20.2 Å². The summed E-state index contributed by atoms with van der Waals surface area (Å²) in [5.74, 6) is 0.655. The van der Waals surface area contributed by atoms with Gasteiger partial charge in [-0.25, -0.2) is 0 Å². The molecule has 0 aromatic heterocycles. The monoisotopic (exact) mass is 215 g/mol. The van der Waals surface area contributed by atoms with Crippen molar-refractivity contribution < 1.29 is 9.84 Å². The normalized spacial score (nSPS) is 25.8. The first-order valence-electron chi connectivity index (χ1n) is 5.83. The Kier molecular flexibility index (Phi) is 4.56. The number of β-amino-alcohol motifs (C(OH)–C–C–N with tert-alkyl or cyclic N) is 1. The second-order valence-corrected chi connectivity index (χ2v) is 5.75. The Hall–Kier alpha value is -0.120. The fourth-order valence-corrected chi connectivity index (χ4v) is 1.97. The molecule has 15 heavy (non-hydrogen) atoms. The van der Waals surface area contributed by atoms with Gasteiger partial charge in [0.1, 0.15) is 0 Å². The maximum Gasteiger partial charge on any atom is 0.0715 e. The van der Waals surface area contributed by atoms with Gasteiger partial charge in [-0.1, -0.05) is 20.8 Å². The van der Waals surface area contributed by atoms with Gasteiger partial charge in [-0.15, -0.1) is 0 Å². The Morgan fingerprint density at radius 2 is 2.13 bits per heavy atom. The first kappa shape index (κ1) is 12.9. The van der Waals surface area contributed by atoms with Crippen LogP contribution in [0.1, 0.15) is 27.2 Å². The molecule has 0 aliphatic carbocycles. The molecule has 0 amide bonds. The van der Waals surface area contributed by atoms with E-state index in [0.717, 1.165) is 26.2 Å². The summed E-state index contributed by atoms with van der Waals surface area (Å²) >= 11 is 0. The van der Waals surface area contributed by atoms with E-state index < -0.39 is 0 Å². The minimum Gasteiger partial charge on any atom is -0.391 e. The van der Waals surface area contributed by atoms with Crippen molar-refractivity contribution in [1.29, 1.82) is 0 Å². The predicted octanol–water partition coefficient (Wildman–Crippen LogP) is 1.36. The van der Waals surface area contributed by atoms with Crippen LogP contribution in [0.2, 0.25) is 0 Å². The van der Waals surface area contributed by atoms with Gasteiger partial charge in [0.2, 0.25) is 0 Å². The van der Waals surface area contributed by atoms with Gasteiger partial charge >= 0.3 is 0 Å². The van der Waals surface area contributed by atoms with E-state index in [1.165, 1.54) is 6.42 Å². The van der Waals surface area contributed by atoms with E-state index in [2.05, 4.69) is 25.7 Å². The van der Waals surface area contributed by atoms with E-state index in [0.29, 0.717) is 5.92 Å². The average molecular weight is 215 g/mol. The molecular formula is C12H25NO2. The molecule has 90 valence electrons. The molecule has 3 nitrogen and oxygen atoms in total. The molecule has 1 fully saturated rings. The van der Waals surface area contributed by atoms with Gasteiger partial charge in [0.25, 0.3) is 0 Å². The van der Waals surface area contributed by atoms with Gasteiger partial charge < -0.3 is 14.7 Å². The minimum atomic E-state index is -0.237. The lowest BCUT2D eigenvalue weighted by atomic mass is 9.89. The molecule has 1 saturated heterocycles. The Labute approximate surface area is 93.4 Å². The van der Waals surface area contributed by atoms with E-state index in [1.54, 1.807) is 7.11 Å². The molecule has 1 rings (SSSR count). The number of nitrogens with zero attached hydrogens (tertiary/aromatic N) is 1. The van der Waals surface area contributed by atoms with Crippen molar-refractivity contribution in [1.82, 2.24) is 4.90 Å². The summed E-state index contributed by atoms with van der Waals surface area (Å²) in [6, 6.07) is 0. The highest BCUT2D eigenvalue weighted by atomic mass is 16.5. The molecule has 0 aromatic carbocycles. The van der Waals surface area contributed by atoms with E-state index in [4.69, 9.17) is 4.74 Å². The van der Waals surface area contributed by atoms with Gasteiger partial charge in [0.05, 0.1) is 12.7 Å². The first-order chi connectivity index (χ1) is 6.93. The maximum atomic E-state index is 9.99. The molecule has 0 bridgehead atoms. The summed E-state index contributed by atoms with van der Waals surface area (Å²) < 4.78 is 5.16. The summed E-state index contributed by atoms with van der Waals surface area (Å²) in [6.45, 7) is 10.1. The van der Waals surface area contributed by atoms with Crippen molar-refractivity contribution in [3.05, 3.63) is 0 Å². The van der Waals surface area contributed by atoms with Crippen LogP contribution in [-0.4, -0.2) is 49.5 Å². The van der Waals surface area contributed by atoms with Crippen molar-refractivity contribution in [2.45, 2.75) is 33.3 Å². The Bertz CT molecular complexity index is 189. The van der Waals surface area contributed by atoms with Crippen LogP contribution in [0.25, 0.3) is 0 Å². The van der Waals surface area contributed by atoms with E-state index in [9.17, 15) is 5.11 Å². The van der Waals surface area contributed by atoms with Gasteiger partial charge in [-0.3, -0.25) is 0 Å². The zero-order valence-corrected chi connectivity index (χ0v) is 10.5. The molecule has 2 atom stereocenters. The van der Waals surface area contributed by atoms with Crippen LogP contribution >= 0.6 is 0 Å². The minimum absolute atomic E-state index is 0.0145. The largest absolute Gasteiger partial charge is 0.391 e. The molecule has 1 heterocycles. The highest BCUT2D eigenvalue weighted by molar-refractivity contribution is 4.81. The van der Waals surface area contributed by atoms with Crippen LogP contribution in [0.3, 0.4) is 0 Å². The SMILES string of the molecule is COCC1CCN(CC(O)C(C)(C)C)C1. The van der Waals surface area contributed by atoms with Crippen LogP contribution in [0.15, 0.2) is 0 Å². The quantitative estimate of drug-likeness (QED) is 0.768. The van der Waals surface area contributed by atoms with E-state index >= 15 is 0 Å². The standard InChI is InChI=1S/C12H25NO2/c1-12(2,3)11(14)8-13-6-5-10(7-13)9-15-4/h10-11,14H,5-9H2,1-4H3. The molecule has 0 radical (unpaired) electrons. The first-order valence-corrected chi connectivity index (χ1v) is 5.83. The number of aliphatic hydroxyl groups excluding tert-OH is 1. The van der Waals surface area contributed by atoms with Gasteiger partial charge in [0.15, 0.2) is 0 Å². The highest BCUT2D eigenvalue weighted by Crippen LogP contribution is 2.23. The second-order valence-electron chi connectivity index (χ2n) is 5.75. The maximum absolute atomic E-state index is 9.99. The predicted molar refractivity (Wildman–Crippen MR) is 61.9 cm³/mol. The zero-order chi connectivity index (χ0) is 11.5. The number of likely N-dealkylation sites (tertiary alicyclic amines) is 1. The Balaban J connectivity index is 2.30. The van der Waals surface area contributed by atoms with Crippen LogP contribution in [-0.2, 0) is 4.74 Å². The van der Waals surface area contributed by atoms with Crippen LogP contribution in [0, 0.1) is 11.3 Å². The number of hydrogen-bond acceptors (Lipinski definition) is 3. The summed E-state index contributed by atoms with van der Waals surface area (Å²) in [6.07, 6.45) is 0.962. The summed E-state index contributed by atoms with van der Waals surface area (Å²) in [5, 5.41) is 9.99. The Morgan fingerprint density at radius 3 is 2.67 bits per heavy atom. The topological polar surface area (TPSA) is 32.7 Å². The lowest BCUT2D eigenvalue weighted by Crippen LogP contribution is -2.38. The third-order valence-electron chi connectivity index (χ3n) is 3.20. The van der Waals surface area contributed by atoms with Crippen molar-refractivity contribution in [2.75, 3.05) is 33.4 Å². The third-order valence-corrected chi connectivity index (χ3v) is 3.20. The molecule has 0 saturated carbocycles. The third kappa shape index (κ3) is 4.09. The number of aliphatic hydroxyl groups is 1. The molecule has 0 spiro atoms. The average Bonchev–Trinajstić information content (AvgIpc) is 2.51. The molecule has 1 aliphatic rings. The van der Waals surface area contributed by atoms with Crippen molar-refractivity contribution in [3.63, 3.8) is 0 Å². The number of rotatable bonds is 4.